The Hall–Kier alpha value is -1.98. The van der Waals surface area contributed by atoms with Gasteiger partial charge in [-0.2, -0.15) is 0 Å². The fourth-order valence-corrected chi connectivity index (χ4v) is 6.89. The van der Waals surface area contributed by atoms with Crippen LogP contribution in [0.1, 0.15) is 68.3 Å². The van der Waals surface area contributed by atoms with Crippen molar-refractivity contribution in [2.75, 3.05) is 13.1 Å². The molecule has 0 unspecified atom stereocenters. The summed E-state index contributed by atoms with van der Waals surface area (Å²) in [6, 6.07) is 0.109. The highest BCUT2D eigenvalue weighted by molar-refractivity contribution is 5.92. The molecule has 1 N–H and O–H groups in total. The van der Waals surface area contributed by atoms with Crippen LogP contribution in [-0.2, 0) is 4.79 Å². The monoisotopic (exact) mass is 382 g/mol. The third-order valence-corrected chi connectivity index (χ3v) is 7.67. The third-order valence-electron chi connectivity index (χ3n) is 7.67. The Labute approximate surface area is 166 Å². The molecule has 6 rings (SSSR count). The van der Waals surface area contributed by atoms with Gasteiger partial charge in [-0.05, 0) is 74.5 Å². The Morgan fingerprint density at radius 2 is 1.68 bits per heavy atom. The van der Waals surface area contributed by atoms with E-state index in [0.29, 0.717) is 17.0 Å². The van der Waals surface area contributed by atoms with E-state index >= 15 is 0 Å². The van der Waals surface area contributed by atoms with E-state index in [1.165, 1.54) is 50.9 Å². The Balaban J connectivity index is 1.13. The highest BCUT2D eigenvalue weighted by atomic mass is 16.2. The molecular weight excluding hydrogens is 352 g/mol. The lowest BCUT2D eigenvalue weighted by Gasteiger charge is -2.57. The van der Waals surface area contributed by atoms with Crippen LogP contribution >= 0.6 is 0 Å². The van der Waals surface area contributed by atoms with Gasteiger partial charge in [0.05, 0.1) is 6.20 Å². The molecule has 0 aromatic carbocycles. The number of carbonyl (C=O) groups excluding carboxylic acids is 2. The minimum absolute atomic E-state index is 0.109. The fourth-order valence-electron chi connectivity index (χ4n) is 6.89. The number of likely N-dealkylation sites (tertiary alicyclic amines) is 1. The van der Waals surface area contributed by atoms with Gasteiger partial charge in [0.25, 0.3) is 5.91 Å². The maximum atomic E-state index is 13.1. The summed E-state index contributed by atoms with van der Waals surface area (Å²) in [5.74, 6) is 2.84. The van der Waals surface area contributed by atoms with Crippen molar-refractivity contribution in [3.8, 4) is 0 Å². The number of nitrogens with one attached hydrogen (secondary N) is 1. The van der Waals surface area contributed by atoms with E-state index in [9.17, 15) is 9.59 Å². The number of hydrogen-bond acceptors (Lipinski definition) is 4. The number of amides is 2. The minimum atomic E-state index is -0.175. The second-order valence-electron chi connectivity index (χ2n) is 9.81. The van der Waals surface area contributed by atoms with E-state index in [4.69, 9.17) is 0 Å². The van der Waals surface area contributed by atoms with Crippen molar-refractivity contribution in [1.29, 1.82) is 0 Å². The van der Waals surface area contributed by atoms with E-state index in [1.807, 2.05) is 4.90 Å². The van der Waals surface area contributed by atoms with Crippen molar-refractivity contribution >= 4 is 11.8 Å². The molecule has 1 aromatic rings. The summed E-state index contributed by atoms with van der Waals surface area (Å²) in [4.78, 5) is 35.3. The van der Waals surface area contributed by atoms with E-state index in [0.717, 1.165) is 50.1 Å². The molecule has 2 amide bonds. The zero-order valence-corrected chi connectivity index (χ0v) is 16.5. The first kappa shape index (κ1) is 18.1. The molecule has 6 nitrogen and oxygen atoms in total. The molecule has 28 heavy (non-hydrogen) atoms. The quantitative estimate of drug-likeness (QED) is 0.869. The van der Waals surface area contributed by atoms with Crippen LogP contribution < -0.4 is 5.32 Å². The summed E-state index contributed by atoms with van der Waals surface area (Å²) in [5.41, 5.74) is 0.658. The molecule has 0 atom stereocenters. The van der Waals surface area contributed by atoms with Gasteiger partial charge in [-0.3, -0.25) is 14.6 Å². The lowest BCUT2D eigenvalue weighted by molar-refractivity contribution is -0.140. The van der Waals surface area contributed by atoms with Crippen LogP contribution in [-0.4, -0.2) is 45.8 Å². The van der Waals surface area contributed by atoms with Gasteiger partial charge in [0.2, 0.25) is 5.91 Å². The fraction of sp³-hybridized carbons (Fsp3) is 0.727. The second-order valence-corrected chi connectivity index (χ2v) is 9.81. The van der Waals surface area contributed by atoms with Crippen LogP contribution in [0.3, 0.4) is 0 Å². The summed E-state index contributed by atoms with van der Waals surface area (Å²) >= 11 is 0. The van der Waals surface area contributed by atoms with Crippen molar-refractivity contribution in [2.24, 2.45) is 23.2 Å². The SMILES string of the molecule is O=C(NC1CCN(C(=O)CC23CC4CC(CC(C4)C2)C3)CC1)c1cnccn1. The van der Waals surface area contributed by atoms with Gasteiger partial charge in [-0.25, -0.2) is 4.98 Å². The van der Waals surface area contributed by atoms with Crippen LogP contribution in [0, 0.1) is 23.2 Å². The summed E-state index contributed by atoms with van der Waals surface area (Å²) in [6.07, 6.45) is 15.1. The van der Waals surface area contributed by atoms with Crippen molar-refractivity contribution in [1.82, 2.24) is 20.2 Å². The summed E-state index contributed by atoms with van der Waals surface area (Å²) in [6.45, 7) is 1.49. The summed E-state index contributed by atoms with van der Waals surface area (Å²) in [7, 11) is 0. The third kappa shape index (κ3) is 3.53. The number of carbonyl (C=O) groups is 2. The van der Waals surface area contributed by atoms with Gasteiger partial charge in [0.1, 0.15) is 5.69 Å². The Morgan fingerprint density at radius 3 is 2.25 bits per heavy atom. The van der Waals surface area contributed by atoms with Gasteiger partial charge in [0.15, 0.2) is 0 Å². The zero-order valence-electron chi connectivity index (χ0n) is 16.5. The molecule has 4 saturated carbocycles. The molecule has 1 aromatic heterocycles. The highest BCUT2D eigenvalue weighted by Crippen LogP contribution is 2.61. The first-order valence-electron chi connectivity index (χ1n) is 10.9. The molecule has 2 heterocycles. The molecule has 150 valence electrons. The van der Waals surface area contributed by atoms with E-state index in [2.05, 4.69) is 15.3 Å². The molecule has 4 bridgehead atoms. The predicted molar refractivity (Wildman–Crippen MR) is 104 cm³/mol. The molecule has 0 radical (unpaired) electrons. The van der Waals surface area contributed by atoms with Crippen molar-refractivity contribution < 1.29 is 9.59 Å². The largest absolute Gasteiger partial charge is 0.348 e. The average Bonchev–Trinajstić information content (AvgIpc) is 2.68. The van der Waals surface area contributed by atoms with E-state index in [1.54, 1.807) is 6.20 Å². The second kappa shape index (κ2) is 7.12. The topological polar surface area (TPSA) is 75.2 Å². The van der Waals surface area contributed by atoms with Crippen LogP contribution in [0.15, 0.2) is 18.6 Å². The first-order chi connectivity index (χ1) is 13.6. The number of hydrogen-bond donors (Lipinski definition) is 1. The van der Waals surface area contributed by atoms with Crippen LogP contribution in [0.25, 0.3) is 0 Å². The number of aromatic nitrogens is 2. The van der Waals surface area contributed by atoms with Gasteiger partial charge in [-0.1, -0.05) is 0 Å². The molecule has 1 aliphatic heterocycles. The lowest BCUT2D eigenvalue weighted by atomic mass is 9.49. The van der Waals surface area contributed by atoms with Crippen molar-refractivity contribution in [3.63, 3.8) is 0 Å². The van der Waals surface area contributed by atoms with E-state index < -0.39 is 0 Å². The van der Waals surface area contributed by atoms with Crippen LogP contribution in [0.4, 0.5) is 0 Å². The smallest absolute Gasteiger partial charge is 0.271 e. The van der Waals surface area contributed by atoms with E-state index in [-0.39, 0.29) is 11.9 Å². The predicted octanol–water partition coefficient (Wildman–Crippen LogP) is 2.80. The van der Waals surface area contributed by atoms with Crippen LogP contribution in [0.2, 0.25) is 0 Å². The maximum Gasteiger partial charge on any atom is 0.271 e. The number of piperidine rings is 1. The van der Waals surface area contributed by atoms with Gasteiger partial charge >= 0.3 is 0 Å². The van der Waals surface area contributed by atoms with Gasteiger partial charge in [-0.15, -0.1) is 0 Å². The molecule has 0 spiro atoms. The standard InChI is InChI=1S/C22H30N4O2/c27-20(13-22-10-15-7-16(11-22)9-17(8-15)12-22)26-5-1-18(2-6-26)25-21(28)19-14-23-3-4-24-19/h3-4,14-18H,1-2,5-13H2,(H,25,28). The van der Waals surface area contributed by atoms with Crippen molar-refractivity contribution in [3.05, 3.63) is 24.3 Å². The van der Waals surface area contributed by atoms with Gasteiger partial charge in [0, 0.05) is 37.9 Å². The summed E-state index contributed by atoms with van der Waals surface area (Å²) < 4.78 is 0. The molecule has 5 fully saturated rings. The normalized spacial score (nSPS) is 34.4. The average molecular weight is 383 g/mol. The van der Waals surface area contributed by atoms with Gasteiger partial charge < -0.3 is 10.2 Å². The van der Waals surface area contributed by atoms with Crippen molar-refractivity contribution in [2.45, 2.75) is 63.8 Å². The number of rotatable bonds is 4. The summed E-state index contributed by atoms with van der Waals surface area (Å²) in [5, 5.41) is 3.04. The van der Waals surface area contributed by atoms with Crippen LogP contribution in [0.5, 0.6) is 0 Å². The molecular formula is C22H30N4O2. The zero-order chi connectivity index (χ0) is 19.1. The Kier molecular flexibility index (Phi) is 4.60. The highest BCUT2D eigenvalue weighted by Gasteiger charge is 2.51. The maximum absolute atomic E-state index is 13.1. The molecule has 1 saturated heterocycles. The molecule has 4 aliphatic carbocycles. The Bertz CT molecular complexity index is 707. The number of nitrogens with zero attached hydrogens (tertiary/aromatic N) is 3. The first-order valence-corrected chi connectivity index (χ1v) is 10.9. The molecule has 6 heteroatoms. The minimum Gasteiger partial charge on any atom is -0.348 e. The Morgan fingerprint density at radius 1 is 1.04 bits per heavy atom. The lowest BCUT2D eigenvalue weighted by Crippen LogP contribution is -2.50. The molecule has 5 aliphatic rings.